The van der Waals surface area contributed by atoms with Crippen LogP contribution in [0.4, 0.5) is 0 Å². The van der Waals surface area contributed by atoms with Crippen molar-refractivity contribution in [3.8, 4) is 0 Å². The van der Waals surface area contributed by atoms with Gasteiger partial charge in [0, 0.05) is 10.1 Å². The molecular weight excluding hydrogens is 201 g/mol. The molecule has 7 heavy (non-hydrogen) atoms. The average Bonchev–Trinajstić information content (AvgIpc) is 1.69. The van der Waals surface area contributed by atoms with Crippen LogP contribution in [0.1, 0.15) is 0 Å². The molecular formula is C5H6IN. The molecule has 0 saturated heterocycles. The van der Waals surface area contributed by atoms with E-state index in [9.17, 15) is 0 Å². The molecule has 1 aliphatic rings. The first-order valence-corrected chi connectivity index (χ1v) is 3.23. The minimum atomic E-state index is 0.981. The highest BCUT2D eigenvalue weighted by Crippen LogP contribution is 2.07. The summed E-state index contributed by atoms with van der Waals surface area (Å²) in [6.45, 7) is 0.981. The Kier molecular flexibility index (Phi) is 1.73. The first-order chi connectivity index (χ1) is 3.39. The molecule has 0 aromatic heterocycles. The predicted molar refractivity (Wildman–Crippen MR) is 39.2 cm³/mol. The molecule has 1 N–H and O–H groups in total. The second-order valence-electron chi connectivity index (χ2n) is 1.33. The molecule has 1 rings (SSSR count). The van der Waals surface area contributed by atoms with Crippen LogP contribution in [0.2, 0.25) is 0 Å². The summed E-state index contributed by atoms with van der Waals surface area (Å²) in [5.74, 6) is 0. The molecule has 2 heteroatoms. The zero-order valence-electron chi connectivity index (χ0n) is 3.82. The summed E-state index contributed by atoms with van der Waals surface area (Å²) in [5, 5.41) is 3.05. The molecule has 0 bridgehead atoms. The topological polar surface area (TPSA) is 12.0 Å². The van der Waals surface area contributed by atoms with Gasteiger partial charge >= 0.3 is 0 Å². The van der Waals surface area contributed by atoms with Gasteiger partial charge in [-0.15, -0.1) is 0 Å². The van der Waals surface area contributed by atoms with Crippen LogP contribution >= 0.6 is 22.6 Å². The van der Waals surface area contributed by atoms with E-state index >= 15 is 0 Å². The van der Waals surface area contributed by atoms with Crippen LogP contribution in [-0.2, 0) is 0 Å². The van der Waals surface area contributed by atoms with Crippen molar-refractivity contribution < 1.29 is 0 Å². The Bertz CT molecular complexity index is 115. The maximum Gasteiger partial charge on any atom is 0.0338 e. The van der Waals surface area contributed by atoms with Crippen molar-refractivity contribution in [3.05, 3.63) is 21.9 Å². The highest BCUT2D eigenvalue weighted by Gasteiger charge is 1.86. The molecule has 0 saturated carbocycles. The highest BCUT2D eigenvalue weighted by molar-refractivity contribution is 14.1. The molecule has 1 aliphatic heterocycles. The minimum Gasteiger partial charge on any atom is -0.387 e. The highest BCUT2D eigenvalue weighted by atomic mass is 127. The fraction of sp³-hybridized carbons (Fsp3) is 0.200. The fourth-order valence-electron chi connectivity index (χ4n) is 0.431. The smallest absolute Gasteiger partial charge is 0.0338 e. The van der Waals surface area contributed by atoms with Gasteiger partial charge in [0.2, 0.25) is 0 Å². The van der Waals surface area contributed by atoms with Crippen LogP contribution in [0.25, 0.3) is 0 Å². The lowest BCUT2D eigenvalue weighted by Gasteiger charge is -1.99. The van der Waals surface area contributed by atoms with E-state index < -0.39 is 0 Å². The van der Waals surface area contributed by atoms with Crippen molar-refractivity contribution in [2.45, 2.75) is 0 Å². The summed E-state index contributed by atoms with van der Waals surface area (Å²) in [5.41, 5.74) is 0. The van der Waals surface area contributed by atoms with E-state index in [0.717, 1.165) is 6.54 Å². The molecule has 0 amide bonds. The van der Waals surface area contributed by atoms with Gasteiger partial charge in [0.1, 0.15) is 0 Å². The Balaban J connectivity index is 2.58. The van der Waals surface area contributed by atoms with Crippen molar-refractivity contribution in [3.63, 3.8) is 0 Å². The third kappa shape index (κ3) is 1.51. The number of dihydropyridines is 1. The molecule has 0 fully saturated rings. The minimum absolute atomic E-state index is 0.981. The van der Waals surface area contributed by atoms with Gasteiger partial charge in [0.15, 0.2) is 0 Å². The Labute approximate surface area is 56.6 Å². The maximum absolute atomic E-state index is 3.05. The number of nitrogens with one attached hydrogen (secondary N) is 1. The Hall–Kier alpha value is 0.01000. The largest absolute Gasteiger partial charge is 0.387 e. The van der Waals surface area contributed by atoms with Gasteiger partial charge < -0.3 is 5.32 Å². The monoisotopic (exact) mass is 207 g/mol. The molecule has 38 valence electrons. The van der Waals surface area contributed by atoms with Crippen molar-refractivity contribution in [2.75, 3.05) is 6.54 Å². The summed E-state index contributed by atoms with van der Waals surface area (Å²) < 4.78 is 1.32. The lowest BCUT2D eigenvalue weighted by Crippen LogP contribution is -2.06. The first-order valence-electron chi connectivity index (χ1n) is 2.15. The van der Waals surface area contributed by atoms with Gasteiger partial charge in [0.25, 0.3) is 0 Å². The van der Waals surface area contributed by atoms with Crippen LogP contribution in [0, 0.1) is 0 Å². The van der Waals surface area contributed by atoms with Crippen molar-refractivity contribution >= 4 is 22.6 Å². The maximum atomic E-state index is 3.05. The SMILES string of the molecule is IC1=CCNC=C1. The molecule has 0 unspecified atom stereocenters. The van der Waals surface area contributed by atoms with E-state index in [1.807, 2.05) is 12.3 Å². The molecule has 0 aliphatic carbocycles. The van der Waals surface area contributed by atoms with Gasteiger partial charge in [-0.1, -0.05) is 6.08 Å². The van der Waals surface area contributed by atoms with Gasteiger partial charge in [-0.3, -0.25) is 0 Å². The summed E-state index contributed by atoms with van der Waals surface area (Å²) in [7, 11) is 0. The van der Waals surface area contributed by atoms with E-state index in [1.165, 1.54) is 3.58 Å². The van der Waals surface area contributed by atoms with E-state index in [4.69, 9.17) is 0 Å². The number of allylic oxidation sites excluding steroid dienone is 2. The second-order valence-corrected chi connectivity index (χ2v) is 2.58. The predicted octanol–water partition coefficient (Wildman–Crippen LogP) is 1.42. The summed E-state index contributed by atoms with van der Waals surface area (Å²) in [6.07, 6.45) is 6.15. The second kappa shape index (κ2) is 2.35. The zero-order valence-corrected chi connectivity index (χ0v) is 5.97. The lowest BCUT2D eigenvalue weighted by atomic mass is 10.4. The van der Waals surface area contributed by atoms with Crippen LogP contribution in [-0.4, -0.2) is 6.54 Å². The van der Waals surface area contributed by atoms with E-state index in [1.54, 1.807) is 0 Å². The number of rotatable bonds is 0. The van der Waals surface area contributed by atoms with E-state index in [2.05, 4.69) is 34.0 Å². The van der Waals surface area contributed by atoms with Gasteiger partial charge in [0.05, 0.1) is 0 Å². The Morgan fingerprint density at radius 1 is 1.71 bits per heavy atom. The molecule has 0 spiro atoms. The molecule has 0 radical (unpaired) electrons. The summed E-state index contributed by atoms with van der Waals surface area (Å²) in [4.78, 5) is 0. The molecule has 0 atom stereocenters. The summed E-state index contributed by atoms with van der Waals surface area (Å²) in [6, 6.07) is 0. The van der Waals surface area contributed by atoms with Crippen molar-refractivity contribution in [1.29, 1.82) is 0 Å². The normalized spacial score (nSPS) is 18.1. The quantitative estimate of drug-likeness (QED) is 0.592. The van der Waals surface area contributed by atoms with E-state index in [0.29, 0.717) is 0 Å². The third-order valence-electron chi connectivity index (χ3n) is 0.775. The molecule has 0 aromatic rings. The van der Waals surface area contributed by atoms with Crippen LogP contribution in [0.15, 0.2) is 21.9 Å². The Morgan fingerprint density at radius 3 is 2.86 bits per heavy atom. The fourth-order valence-corrected chi connectivity index (χ4v) is 0.831. The van der Waals surface area contributed by atoms with Gasteiger partial charge in [-0.2, -0.15) is 0 Å². The molecule has 1 heterocycles. The van der Waals surface area contributed by atoms with Crippen molar-refractivity contribution in [2.24, 2.45) is 0 Å². The zero-order chi connectivity index (χ0) is 5.11. The van der Waals surface area contributed by atoms with Gasteiger partial charge in [-0.05, 0) is 34.9 Å². The lowest BCUT2D eigenvalue weighted by molar-refractivity contribution is 0.971. The van der Waals surface area contributed by atoms with Crippen LogP contribution in [0.5, 0.6) is 0 Å². The first kappa shape index (κ1) is 5.15. The molecule has 0 aromatic carbocycles. The van der Waals surface area contributed by atoms with E-state index in [-0.39, 0.29) is 0 Å². The number of hydrogen-bond donors (Lipinski definition) is 1. The standard InChI is InChI=1S/C5H6IN/c6-5-1-3-7-4-2-5/h1-3,7H,4H2. The summed E-state index contributed by atoms with van der Waals surface area (Å²) >= 11 is 2.29. The third-order valence-corrected chi connectivity index (χ3v) is 1.58. The van der Waals surface area contributed by atoms with Crippen LogP contribution in [0.3, 0.4) is 0 Å². The van der Waals surface area contributed by atoms with Crippen LogP contribution < -0.4 is 5.32 Å². The van der Waals surface area contributed by atoms with Gasteiger partial charge in [-0.25, -0.2) is 0 Å². The Morgan fingerprint density at radius 2 is 2.57 bits per heavy atom. The van der Waals surface area contributed by atoms with Crippen molar-refractivity contribution in [1.82, 2.24) is 5.32 Å². The average molecular weight is 207 g/mol. The number of halogens is 1. The number of hydrogen-bond acceptors (Lipinski definition) is 1. The molecule has 1 nitrogen and oxygen atoms in total.